The molecule has 1 aliphatic carbocycles. The standard InChI is InChI=1S/C79H86N4O/c1-50-26-23-35-68-71(50)60-37-36-58(46-69(60)83(68)70-47-65(77(11,12)13)63(48-80-70)59-31-25-32-64-72(59)79(16,17)39-38-78(64,14)15)84-57-30-24-29-56(45-57)81-49-82(67-34-22-21-33-66(67)81)73-61(51-27-19-18-20-28-51)43-55(76(8,9)10)44-62(73)52-40-53(74(2,3)4)42-54(41-52)75(5,6)7/h18-37,40-48H,38-39,49H2,1-17H3/i1D3. The van der Waals surface area contributed by atoms with Crippen molar-refractivity contribution in [1.82, 2.24) is 9.55 Å². The van der Waals surface area contributed by atoms with Gasteiger partial charge in [0.15, 0.2) is 0 Å². The minimum atomic E-state index is -2.35. The fraction of sp³-hybridized carbons (Fsp3) is 0.329. The third kappa shape index (κ3) is 10.1. The van der Waals surface area contributed by atoms with E-state index in [-0.39, 0.29) is 32.5 Å². The number of hydrogen-bond acceptors (Lipinski definition) is 4. The van der Waals surface area contributed by atoms with Crippen LogP contribution in [-0.4, -0.2) is 16.2 Å². The number of hydrogen-bond donors (Lipinski definition) is 0. The summed E-state index contributed by atoms with van der Waals surface area (Å²) in [5.74, 6) is 2.02. The van der Waals surface area contributed by atoms with Gasteiger partial charge >= 0.3 is 0 Å². The van der Waals surface area contributed by atoms with Gasteiger partial charge in [0.05, 0.1) is 28.1 Å². The number of para-hydroxylation sites is 2. The van der Waals surface area contributed by atoms with Gasteiger partial charge < -0.3 is 14.5 Å². The van der Waals surface area contributed by atoms with Gasteiger partial charge in [-0.15, -0.1) is 0 Å². The normalized spacial score (nSPS) is 15.9. The van der Waals surface area contributed by atoms with E-state index in [1.54, 1.807) is 6.07 Å². The van der Waals surface area contributed by atoms with Crippen LogP contribution in [0.5, 0.6) is 11.5 Å². The molecule has 5 heteroatoms. The summed E-state index contributed by atoms with van der Waals surface area (Å²) in [7, 11) is 0. The molecule has 84 heavy (non-hydrogen) atoms. The van der Waals surface area contributed by atoms with Gasteiger partial charge in [0.25, 0.3) is 0 Å². The molecule has 2 aromatic heterocycles. The molecule has 0 unspecified atom stereocenters. The highest BCUT2D eigenvalue weighted by Crippen LogP contribution is 2.54. The molecule has 5 nitrogen and oxygen atoms in total. The summed E-state index contributed by atoms with van der Waals surface area (Å²) in [6, 6.07) is 61.0. The maximum Gasteiger partial charge on any atom is 0.137 e. The first-order chi connectivity index (χ1) is 40.8. The first-order valence-corrected chi connectivity index (χ1v) is 30.3. The van der Waals surface area contributed by atoms with Gasteiger partial charge in [-0.1, -0.05) is 208 Å². The third-order valence-corrected chi connectivity index (χ3v) is 18.2. The van der Waals surface area contributed by atoms with E-state index >= 15 is 0 Å². The Morgan fingerprint density at radius 1 is 0.488 bits per heavy atom. The number of ether oxygens (including phenoxy) is 1. The van der Waals surface area contributed by atoms with Crippen molar-refractivity contribution in [1.29, 1.82) is 0 Å². The molecule has 0 saturated carbocycles. The van der Waals surface area contributed by atoms with Gasteiger partial charge in [-0.05, 0) is 168 Å². The molecule has 2 aliphatic rings. The van der Waals surface area contributed by atoms with E-state index in [9.17, 15) is 0 Å². The van der Waals surface area contributed by atoms with Crippen molar-refractivity contribution in [2.45, 2.75) is 163 Å². The maximum absolute atomic E-state index is 8.77. The Hall–Kier alpha value is -7.89. The summed E-state index contributed by atoms with van der Waals surface area (Å²) in [4.78, 5) is 10.3. The highest BCUT2D eigenvalue weighted by atomic mass is 16.5. The molecule has 1 aliphatic heterocycles. The molecule has 8 aromatic carbocycles. The predicted octanol–water partition coefficient (Wildman–Crippen LogP) is 22.1. The van der Waals surface area contributed by atoms with Crippen LogP contribution in [0.2, 0.25) is 0 Å². The van der Waals surface area contributed by atoms with Crippen LogP contribution in [0.1, 0.15) is 167 Å². The lowest BCUT2D eigenvalue weighted by Crippen LogP contribution is -2.34. The zero-order chi connectivity index (χ0) is 62.1. The molecule has 0 saturated heterocycles. The average Bonchev–Trinajstić information content (AvgIpc) is 1.91. The second-order valence-electron chi connectivity index (χ2n) is 29.5. The molecule has 0 spiro atoms. The van der Waals surface area contributed by atoms with E-state index in [2.05, 4.69) is 265 Å². The highest BCUT2D eigenvalue weighted by Gasteiger charge is 2.40. The predicted molar refractivity (Wildman–Crippen MR) is 358 cm³/mol. The van der Waals surface area contributed by atoms with Crippen molar-refractivity contribution >= 4 is 44.6 Å². The molecule has 12 rings (SSSR count). The van der Waals surface area contributed by atoms with Crippen LogP contribution in [-0.2, 0) is 32.5 Å². The number of fused-ring (bicyclic) bond motifs is 5. The highest BCUT2D eigenvalue weighted by molar-refractivity contribution is 6.11. The van der Waals surface area contributed by atoms with E-state index < -0.39 is 6.85 Å². The van der Waals surface area contributed by atoms with Crippen LogP contribution in [0.4, 0.5) is 22.7 Å². The number of aryl methyl sites for hydroxylation is 1. The fourth-order valence-electron chi connectivity index (χ4n) is 13.3. The minimum Gasteiger partial charge on any atom is -0.457 e. The molecular weight excluding hydrogens is 1020 g/mol. The molecule has 0 atom stereocenters. The van der Waals surface area contributed by atoms with Gasteiger partial charge in [0.1, 0.15) is 24.0 Å². The van der Waals surface area contributed by atoms with E-state index in [4.69, 9.17) is 13.8 Å². The van der Waals surface area contributed by atoms with Gasteiger partial charge in [-0.2, -0.15) is 0 Å². The zero-order valence-corrected chi connectivity index (χ0v) is 52.6. The number of benzene rings is 8. The Kier molecular flexibility index (Phi) is 12.7. The van der Waals surface area contributed by atoms with E-state index in [0.29, 0.717) is 29.1 Å². The smallest absolute Gasteiger partial charge is 0.137 e. The molecule has 0 bridgehead atoms. The number of anilines is 4. The Morgan fingerprint density at radius 3 is 1.76 bits per heavy atom. The van der Waals surface area contributed by atoms with E-state index in [1.807, 2.05) is 30.3 Å². The van der Waals surface area contributed by atoms with Crippen LogP contribution >= 0.6 is 0 Å². The van der Waals surface area contributed by atoms with Gasteiger partial charge in [0.2, 0.25) is 0 Å². The van der Waals surface area contributed by atoms with Gasteiger partial charge in [0, 0.05) is 55.6 Å². The van der Waals surface area contributed by atoms with Crippen molar-refractivity contribution in [2.24, 2.45) is 0 Å². The lowest BCUT2D eigenvalue weighted by molar-refractivity contribution is 0.332. The summed E-state index contributed by atoms with van der Waals surface area (Å²) in [6.07, 6.45) is 4.30. The molecular formula is C79H86N4O. The van der Waals surface area contributed by atoms with Crippen molar-refractivity contribution < 1.29 is 8.85 Å². The van der Waals surface area contributed by atoms with Crippen molar-refractivity contribution in [3.63, 3.8) is 0 Å². The number of aromatic nitrogens is 2. The second-order valence-corrected chi connectivity index (χ2v) is 29.5. The van der Waals surface area contributed by atoms with Crippen molar-refractivity contribution in [3.8, 4) is 50.7 Å². The fourth-order valence-corrected chi connectivity index (χ4v) is 13.3. The quantitative estimate of drug-likeness (QED) is 0.152. The first-order valence-electron chi connectivity index (χ1n) is 31.8. The van der Waals surface area contributed by atoms with E-state index in [0.717, 1.165) is 57.7 Å². The van der Waals surface area contributed by atoms with Gasteiger partial charge in [-0.25, -0.2) is 4.98 Å². The molecule has 428 valence electrons. The molecule has 3 heterocycles. The minimum absolute atomic E-state index is 0.0187. The Labute approximate surface area is 505 Å². The Bertz CT molecular complexity index is 4290. The summed E-state index contributed by atoms with van der Waals surface area (Å²) in [6.45, 7) is 35.4. The summed E-state index contributed by atoms with van der Waals surface area (Å²) >= 11 is 0. The van der Waals surface area contributed by atoms with Crippen molar-refractivity contribution in [2.75, 3.05) is 16.5 Å². The summed E-state index contributed by atoms with van der Waals surface area (Å²) in [5, 5.41) is 1.51. The Morgan fingerprint density at radius 2 is 1.10 bits per heavy atom. The van der Waals surface area contributed by atoms with Crippen molar-refractivity contribution in [3.05, 3.63) is 215 Å². The summed E-state index contributed by atoms with van der Waals surface area (Å²) in [5.41, 5.74) is 20.8. The Balaban J connectivity index is 0.977. The molecule has 0 amide bonds. The number of nitrogens with zero attached hydrogens (tertiary/aromatic N) is 4. The molecule has 10 aromatic rings. The molecule has 0 fully saturated rings. The largest absolute Gasteiger partial charge is 0.457 e. The SMILES string of the molecule is [2H]C([2H])([2H])c1cccc2c1c1ccc(Oc3cccc(N4CN(c5c(-c6ccccc6)cc(C(C)(C)C)cc5-c5cc(C(C)(C)C)cc(C(C)(C)C)c5)c5ccccc54)c3)cc1n2-c1cc(C(C)(C)C)c(-c2cccc3c2C(C)(C)CCC3(C)C)cn1. The van der Waals surface area contributed by atoms with E-state index in [1.165, 1.54) is 66.9 Å². The first kappa shape index (κ1) is 52.9. The van der Waals surface area contributed by atoms with Gasteiger partial charge in [-0.3, -0.25) is 4.57 Å². The lowest BCUT2D eigenvalue weighted by atomic mass is 9.61. The van der Waals surface area contributed by atoms with Crippen LogP contribution in [0, 0.1) is 6.85 Å². The topological polar surface area (TPSA) is 33.5 Å². The maximum atomic E-state index is 8.77. The second kappa shape index (κ2) is 20.1. The number of pyridine rings is 1. The van der Waals surface area contributed by atoms with Crippen LogP contribution in [0.25, 0.3) is 61.0 Å². The monoisotopic (exact) mass is 1110 g/mol. The van der Waals surface area contributed by atoms with Crippen LogP contribution < -0.4 is 14.5 Å². The molecule has 0 N–H and O–H groups in total. The lowest BCUT2D eigenvalue weighted by Gasteiger charge is -2.43. The average molecular weight is 1110 g/mol. The van der Waals surface area contributed by atoms with Crippen LogP contribution in [0.15, 0.2) is 176 Å². The zero-order valence-electron chi connectivity index (χ0n) is 55.6. The summed E-state index contributed by atoms with van der Waals surface area (Å²) < 4.78 is 35.5. The van der Waals surface area contributed by atoms with Crippen LogP contribution in [0.3, 0.4) is 0 Å². The third-order valence-electron chi connectivity index (χ3n) is 18.2. The molecule has 0 radical (unpaired) electrons. The number of rotatable bonds is 8.